The zero-order valence-electron chi connectivity index (χ0n) is 13.2. The molecule has 6 heteroatoms. The highest BCUT2D eigenvalue weighted by Crippen LogP contribution is 2.33. The molecule has 2 aliphatic rings. The minimum absolute atomic E-state index is 0.0874. The molecule has 1 aromatic carbocycles. The maximum absolute atomic E-state index is 12.5. The number of anilines is 1. The number of ether oxygens (including phenoxy) is 1. The zero-order valence-corrected chi connectivity index (χ0v) is 13.2. The largest absolute Gasteiger partial charge is 0.491 e. The third-order valence-corrected chi connectivity index (χ3v) is 4.74. The number of aliphatic carboxylic acids is 1. The summed E-state index contributed by atoms with van der Waals surface area (Å²) in [7, 11) is 0. The predicted molar refractivity (Wildman–Crippen MR) is 85.8 cm³/mol. The number of aryl methyl sites for hydroxylation is 1. The van der Waals surface area contributed by atoms with E-state index in [1.165, 1.54) is 0 Å². The van der Waals surface area contributed by atoms with Gasteiger partial charge in [0, 0.05) is 13.1 Å². The van der Waals surface area contributed by atoms with Gasteiger partial charge < -0.3 is 20.1 Å². The minimum atomic E-state index is -0.838. The van der Waals surface area contributed by atoms with Crippen LogP contribution in [0.1, 0.15) is 25.3 Å². The number of amides is 2. The van der Waals surface area contributed by atoms with Crippen LogP contribution in [0.15, 0.2) is 18.2 Å². The standard InChI is InChI=1S/C17H22N2O4/c1-11-7-8-19(10-13(11)16(20)21)17(22)18-14-6-2-4-12-5-3-9-23-15(12)14/h2,4,6,11,13H,3,5,7-10H2,1H3,(H,18,22)(H,20,21). The normalized spacial score (nSPS) is 23.6. The maximum Gasteiger partial charge on any atom is 0.321 e. The van der Waals surface area contributed by atoms with Crippen molar-refractivity contribution in [1.82, 2.24) is 4.90 Å². The number of nitrogens with one attached hydrogen (secondary N) is 1. The number of hydrogen-bond acceptors (Lipinski definition) is 3. The Hall–Kier alpha value is -2.24. The van der Waals surface area contributed by atoms with Crippen molar-refractivity contribution in [3.8, 4) is 5.75 Å². The van der Waals surface area contributed by atoms with E-state index in [1.54, 1.807) is 4.90 Å². The molecular weight excluding hydrogens is 296 g/mol. The van der Waals surface area contributed by atoms with E-state index in [2.05, 4.69) is 5.32 Å². The van der Waals surface area contributed by atoms with E-state index in [-0.39, 0.29) is 18.5 Å². The van der Waals surface area contributed by atoms with E-state index < -0.39 is 11.9 Å². The summed E-state index contributed by atoms with van der Waals surface area (Å²) in [5.41, 5.74) is 1.77. The van der Waals surface area contributed by atoms with E-state index in [1.807, 2.05) is 25.1 Å². The number of carbonyl (C=O) groups excluding carboxylic acids is 1. The molecule has 0 spiro atoms. The Kier molecular flexibility index (Phi) is 4.41. The van der Waals surface area contributed by atoms with E-state index >= 15 is 0 Å². The number of para-hydroxylation sites is 1. The van der Waals surface area contributed by atoms with Gasteiger partial charge >= 0.3 is 12.0 Å². The summed E-state index contributed by atoms with van der Waals surface area (Å²) in [6.07, 6.45) is 2.63. The van der Waals surface area contributed by atoms with Crippen molar-refractivity contribution in [2.24, 2.45) is 11.8 Å². The Morgan fingerprint density at radius 2 is 2.22 bits per heavy atom. The molecule has 1 saturated heterocycles. The second kappa shape index (κ2) is 6.48. The first kappa shape index (κ1) is 15.6. The number of fused-ring (bicyclic) bond motifs is 1. The smallest absolute Gasteiger partial charge is 0.321 e. The molecular formula is C17H22N2O4. The van der Waals surface area contributed by atoms with Crippen LogP contribution in [0.25, 0.3) is 0 Å². The Balaban J connectivity index is 1.71. The van der Waals surface area contributed by atoms with Crippen molar-refractivity contribution in [1.29, 1.82) is 0 Å². The third-order valence-electron chi connectivity index (χ3n) is 4.74. The first-order valence-corrected chi connectivity index (χ1v) is 8.09. The van der Waals surface area contributed by atoms with Gasteiger partial charge in [-0.05, 0) is 36.8 Å². The molecule has 1 aromatic rings. The number of carbonyl (C=O) groups is 2. The molecule has 0 aromatic heterocycles. The summed E-state index contributed by atoms with van der Waals surface area (Å²) in [4.78, 5) is 25.4. The van der Waals surface area contributed by atoms with E-state index in [0.29, 0.717) is 25.3 Å². The molecule has 124 valence electrons. The first-order valence-electron chi connectivity index (χ1n) is 8.09. The van der Waals surface area contributed by atoms with Gasteiger partial charge in [-0.15, -0.1) is 0 Å². The third kappa shape index (κ3) is 3.25. The van der Waals surface area contributed by atoms with Crippen LogP contribution in [0.4, 0.5) is 10.5 Å². The second-order valence-corrected chi connectivity index (χ2v) is 6.33. The fourth-order valence-corrected chi connectivity index (χ4v) is 3.26. The first-order chi connectivity index (χ1) is 11.1. The fourth-order valence-electron chi connectivity index (χ4n) is 3.26. The van der Waals surface area contributed by atoms with Crippen molar-refractivity contribution in [2.75, 3.05) is 25.0 Å². The van der Waals surface area contributed by atoms with Crippen LogP contribution >= 0.6 is 0 Å². The van der Waals surface area contributed by atoms with Gasteiger partial charge in [0.1, 0.15) is 5.75 Å². The predicted octanol–water partition coefficient (Wildman–Crippen LogP) is 2.59. The van der Waals surface area contributed by atoms with Crippen LogP contribution in [-0.4, -0.2) is 41.7 Å². The van der Waals surface area contributed by atoms with Crippen LogP contribution in [0.5, 0.6) is 5.75 Å². The van der Waals surface area contributed by atoms with Crippen LogP contribution in [0, 0.1) is 11.8 Å². The van der Waals surface area contributed by atoms with Gasteiger partial charge in [0.15, 0.2) is 0 Å². The summed E-state index contributed by atoms with van der Waals surface area (Å²) in [6, 6.07) is 5.48. The maximum atomic E-state index is 12.5. The number of nitrogens with zero attached hydrogens (tertiary/aromatic N) is 1. The number of carboxylic acids is 1. The Bertz CT molecular complexity index is 617. The zero-order chi connectivity index (χ0) is 16.4. The fraction of sp³-hybridized carbons (Fsp3) is 0.529. The Morgan fingerprint density at radius 3 is 3.00 bits per heavy atom. The molecule has 2 atom stereocenters. The summed E-state index contributed by atoms with van der Waals surface area (Å²) in [5, 5.41) is 12.2. The van der Waals surface area contributed by atoms with Crippen molar-refractivity contribution < 1.29 is 19.4 Å². The van der Waals surface area contributed by atoms with Gasteiger partial charge in [-0.1, -0.05) is 19.1 Å². The van der Waals surface area contributed by atoms with Crippen LogP contribution in [-0.2, 0) is 11.2 Å². The monoisotopic (exact) mass is 318 g/mol. The van der Waals surface area contributed by atoms with Gasteiger partial charge in [0.05, 0.1) is 18.2 Å². The SMILES string of the molecule is CC1CCN(C(=O)Nc2cccc3c2OCCC3)CC1C(=O)O. The van der Waals surface area contributed by atoms with Gasteiger partial charge in [-0.2, -0.15) is 0 Å². The van der Waals surface area contributed by atoms with Crippen molar-refractivity contribution >= 4 is 17.7 Å². The Morgan fingerprint density at radius 1 is 1.39 bits per heavy atom. The molecule has 6 nitrogen and oxygen atoms in total. The average molecular weight is 318 g/mol. The van der Waals surface area contributed by atoms with E-state index in [9.17, 15) is 14.7 Å². The quantitative estimate of drug-likeness (QED) is 0.878. The van der Waals surface area contributed by atoms with Gasteiger partial charge in [0.25, 0.3) is 0 Å². The molecule has 2 heterocycles. The molecule has 3 rings (SSSR count). The minimum Gasteiger partial charge on any atom is -0.491 e. The lowest BCUT2D eigenvalue weighted by molar-refractivity contribution is -0.145. The second-order valence-electron chi connectivity index (χ2n) is 6.33. The number of likely N-dealkylation sites (tertiary alicyclic amines) is 1. The number of rotatable bonds is 2. The Labute approximate surface area is 135 Å². The number of benzene rings is 1. The molecule has 2 amide bonds. The number of piperidine rings is 1. The molecule has 2 unspecified atom stereocenters. The highest BCUT2D eigenvalue weighted by atomic mass is 16.5. The van der Waals surface area contributed by atoms with Crippen molar-refractivity contribution in [2.45, 2.75) is 26.2 Å². The highest BCUT2D eigenvalue weighted by molar-refractivity contribution is 5.91. The van der Waals surface area contributed by atoms with Gasteiger partial charge in [-0.3, -0.25) is 4.79 Å². The number of carboxylic acid groups (broad SMARTS) is 1. The topological polar surface area (TPSA) is 78.9 Å². The molecule has 0 bridgehead atoms. The molecule has 0 aliphatic carbocycles. The lowest BCUT2D eigenvalue weighted by Crippen LogP contribution is -2.47. The summed E-state index contributed by atoms with van der Waals surface area (Å²) in [5.74, 6) is -0.512. The summed E-state index contributed by atoms with van der Waals surface area (Å²) in [6.45, 7) is 3.41. The highest BCUT2D eigenvalue weighted by Gasteiger charge is 2.33. The molecule has 0 radical (unpaired) electrons. The van der Waals surface area contributed by atoms with Crippen LogP contribution in [0.3, 0.4) is 0 Å². The molecule has 0 saturated carbocycles. The molecule has 2 N–H and O–H groups in total. The average Bonchev–Trinajstić information content (AvgIpc) is 2.55. The summed E-state index contributed by atoms with van der Waals surface area (Å²) >= 11 is 0. The molecule has 1 fully saturated rings. The number of hydrogen-bond donors (Lipinski definition) is 2. The van der Waals surface area contributed by atoms with Crippen LogP contribution in [0.2, 0.25) is 0 Å². The van der Waals surface area contributed by atoms with Crippen molar-refractivity contribution in [3.63, 3.8) is 0 Å². The van der Waals surface area contributed by atoms with Crippen molar-refractivity contribution in [3.05, 3.63) is 23.8 Å². The van der Waals surface area contributed by atoms with E-state index in [0.717, 1.165) is 24.2 Å². The van der Waals surface area contributed by atoms with E-state index in [4.69, 9.17) is 4.74 Å². The van der Waals surface area contributed by atoms with Crippen LogP contribution < -0.4 is 10.1 Å². The van der Waals surface area contributed by atoms with Gasteiger partial charge in [-0.25, -0.2) is 4.79 Å². The lowest BCUT2D eigenvalue weighted by atomic mass is 9.87. The molecule has 2 aliphatic heterocycles. The number of urea groups is 1. The summed E-state index contributed by atoms with van der Waals surface area (Å²) < 4.78 is 5.69. The van der Waals surface area contributed by atoms with Gasteiger partial charge in [0.2, 0.25) is 0 Å². The molecule has 23 heavy (non-hydrogen) atoms. The lowest BCUT2D eigenvalue weighted by Gasteiger charge is -2.35.